The highest BCUT2D eigenvalue weighted by Crippen LogP contribution is 2.24. The minimum absolute atomic E-state index is 0.0825. The third-order valence-electron chi connectivity index (χ3n) is 2.07. The van der Waals surface area contributed by atoms with Crippen molar-refractivity contribution in [3.05, 3.63) is 33.9 Å². The topological polar surface area (TPSA) is 84.4 Å². The molecule has 3 N–H and O–H groups in total. The molecule has 0 unspecified atom stereocenters. The van der Waals surface area contributed by atoms with Crippen molar-refractivity contribution in [2.75, 3.05) is 19.0 Å². The standard InChI is InChI=1S/C9H14N4O2/c1-12(2)8-4-3-7(6-11-10)9(5-8)13(14)15/h3-5,11H,6,10H2,1-2H3. The van der Waals surface area contributed by atoms with Crippen molar-refractivity contribution in [3.63, 3.8) is 0 Å². The fraction of sp³-hybridized carbons (Fsp3) is 0.333. The summed E-state index contributed by atoms with van der Waals surface area (Å²) in [5.41, 5.74) is 3.86. The van der Waals surface area contributed by atoms with Crippen LogP contribution in [0.5, 0.6) is 0 Å². The number of nitrogens with two attached hydrogens (primary N) is 1. The molecule has 0 saturated heterocycles. The van der Waals surface area contributed by atoms with Gasteiger partial charge in [0.25, 0.3) is 5.69 Å². The number of nitrogens with one attached hydrogen (secondary N) is 1. The van der Waals surface area contributed by atoms with Crippen molar-refractivity contribution in [1.29, 1.82) is 0 Å². The highest BCUT2D eigenvalue weighted by molar-refractivity contribution is 5.56. The summed E-state index contributed by atoms with van der Waals surface area (Å²) in [6.07, 6.45) is 0. The van der Waals surface area contributed by atoms with Gasteiger partial charge in [0.05, 0.1) is 4.92 Å². The SMILES string of the molecule is CN(C)c1ccc(CNN)c([N+](=O)[O-])c1. The molecule has 6 heteroatoms. The Hall–Kier alpha value is -1.66. The molecule has 0 aromatic heterocycles. The van der Waals surface area contributed by atoms with Crippen LogP contribution in [0.2, 0.25) is 0 Å². The second-order valence-corrected chi connectivity index (χ2v) is 3.35. The van der Waals surface area contributed by atoms with Crippen molar-refractivity contribution in [2.45, 2.75) is 6.54 Å². The van der Waals surface area contributed by atoms with Gasteiger partial charge in [-0.25, -0.2) is 0 Å². The van der Waals surface area contributed by atoms with E-state index in [-0.39, 0.29) is 12.2 Å². The molecule has 0 aliphatic carbocycles. The molecule has 1 aromatic rings. The van der Waals surface area contributed by atoms with Crippen LogP contribution in [0.15, 0.2) is 18.2 Å². The fourth-order valence-electron chi connectivity index (χ4n) is 1.26. The van der Waals surface area contributed by atoms with Crippen LogP contribution in [0.4, 0.5) is 11.4 Å². The number of nitro groups is 1. The average molecular weight is 210 g/mol. The number of hydrogen-bond donors (Lipinski definition) is 2. The highest BCUT2D eigenvalue weighted by Gasteiger charge is 2.14. The molecule has 0 bridgehead atoms. The number of hydrazine groups is 1. The van der Waals surface area contributed by atoms with E-state index in [1.165, 1.54) is 6.07 Å². The summed E-state index contributed by atoms with van der Waals surface area (Å²) in [7, 11) is 3.67. The molecule has 1 rings (SSSR count). The molecule has 15 heavy (non-hydrogen) atoms. The number of nitrogens with zero attached hydrogens (tertiary/aromatic N) is 2. The van der Waals surface area contributed by atoms with Gasteiger partial charge in [-0.1, -0.05) is 0 Å². The van der Waals surface area contributed by atoms with Crippen LogP contribution in [0.25, 0.3) is 0 Å². The first-order valence-electron chi connectivity index (χ1n) is 4.44. The van der Waals surface area contributed by atoms with Gasteiger partial charge in [0.1, 0.15) is 0 Å². The number of hydrogen-bond acceptors (Lipinski definition) is 5. The van der Waals surface area contributed by atoms with Crippen LogP contribution >= 0.6 is 0 Å². The minimum atomic E-state index is -0.403. The molecule has 0 radical (unpaired) electrons. The Balaban J connectivity index is 3.14. The number of anilines is 1. The predicted octanol–water partition coefficient (Wildman–Crippen LogP) is 0.624. The van der Waals surface area contributed by atoms with Gasteiger partial charge in [-0.2, -0.15) is 0 Å². The minimum Gasteiger partial charge on any atom is -0.377 e. The van der Waals surface area contributed by atoms with Gasteiger partial charge in [0, 0.05) is 38.0 Å². The fourth-order valence-corrected chi connectivity index (χ4v) is 1.26. The smallest absolute Gasteiger partial charge is 0.276 e. The maximum absolute atomic E-state index is 10.8. The molecule has 0 fully saturated rings. The lowest BCUT2D eigenvalue weighted by atomic mass is 10.1. The Morgan fingerprint density at radius 2 is 2.20 bits per heavy atom. The summed E-state index contributed by atoms with van der Waals surface area (Å²) < 4.78 is 0. The second-order valence-electron chi connectivity index (χ2n) is 3.35. The third kappa shape index (κ3) is 2.64. The Kier molecular flexibility index (Phi) is 3.59. The molecule has 0 aliphatic heterocycles. The zero-order valence-corrected chi connectivity index (χ0v) is 8.73. The van der Waals surface area contributed by atoms with Crippen molar-refractivity contribution in [3.8, 4) is 0 Å². The van der Waals surface area contributed by atoms with Gasteiger partial charge in [-0.3, -0.25) is 21.4 Å². The first-order valence-corrected chi connectivity index (χ1v) is 4.44. The molecule has 6 nitrogen and oxygen atoms in total. The molecule has 0 heterocycles. The first-order chi connectivity index (χ1) is 7.06. The molecule has 82 valence electrons. The van der Waals surface area contributed by atoms with Gasteiger partial charge in [0.2, 0.25) is 0 Å². The lowest BCUT2D eigenvalue weighted by Gasteiger charge is -2.13. The first kappa shape index (κ1) is 11.4. The van der Waals surface area contributed by atoms with Crippen molar-refractivity contribution in [2.24, 2.45) is 5.84 Å². The van der Waals surface area contributed by atoms with Gasteiger partial charge < -0.3 is 4.90 Å². The van der Waals surface area contributed by atoms with Crippen molar-refractivity contribution >= 4 is 11.4 Å². The van der Waals surface area contributed by atoms with Crippen LogP contribution in [-0.2, 0) is 6.54 Å². The Morgan fingerprint density at radius 3 is 2.67 bits per heavy atom. The Bertz CT molecular complexity index is 365. The van der Waals surface area contributed by atoms with E-state index in [0.29, 0.717) is 5.56 Å². The molecule has 0 amide bonds. The van der Waals surface area contributed by atoms with E-state index in [0.717, 1.165) is 5.69 Å². The third-order valence-corrected chi connectivity index (χ3v) is 2.07. The molecule has 1 aromatic carbocycles. The Morgan fingerprint density at radius 1 is 1.53 bits per heavy atom. The highest BCUT2D eigenvalue weighted by atomic mass is 16.6. The summed E-state index contributed by atoms with van der Waals surface area (Å²) in [4.78, 5) is 12.2. The molecular formula is C9H14N4O2. The van der Waals surface area contributed by atoms with E-state index in [4.69, 9.17) is 5.84 Å². The zero-order chi connectivity index (χ0) is 11.4. The summed E-state index contributed by atoms with van der Waals surface area (Å²) in [5, 5.41) is 10.8. The van der Waals surface area contributed by atoms with Crippen LogP contribution in [0, 0.1) is 10.1 Å². The quantitative estimate of drug-likeness (QED) is 0.432. The van der Waals surface area contributed by atoms with Gasteiger partial charge >= 0.3 is 0 Å². The Labute approximate surface area is 87.8 Å². The van der Waals surface area contributed by atoms with Crippen molar-refractivity contribution < 1.29 is 4.92 Å². The van der Waals surface area contributed by atoms with Gasteiger partial charge in [-0.15, -0.1) is 0 Å². The van der Waals surface area contributed by atoms with E-state index in [2.05, 4.69) is 5.43 Å². The summed E-state index contributed by atoms with van der Waals surface area (Å²) in [5.74, 6) is 5.14. The average Bonchev–Trinajstić information content (AvgIpc) is 2.18. The zero-order valence-electron chi connectivity index (χ0n) is 8.73. The maximum Gasteiger partial charge on any atom is 0.276 e. The summed E-state index contributed by atoms with van der Waals surface area (Å²) >= 11 is 0. The van der Waals surface area contributed by atoms with E-state index >= 15 is 0 Å². The van der Waals surface area contributed by atoms with Crippen LogP contribution in [-0.4, -0.2) is 19.0 Å². The van der Waals surface area contributed by atoms with Gasteiger partial charge in [0.15, 0.2) is 0 Å². The van der Waals surface area contributed by atoms with E-state index < -0.39 is 4.92 Å². The monoisotopic (exact) mass is 210 g/mol. The second kappa shape index (κ2) is 4.72. The van der Waals surface area contributed by atoms with Crippen LogP contribution in [0.3, 0.4) is 0 Å². The molecular weight excluding hydrogens is 196 g/mol. The van der Waals surface area contributed by atoms with Crippen LogP contribution < -0.4 is 16.2 Å². The lowest BCUT2D eigenvalue weighted by molar-refractivity contribution is -0.385. The number of rotatable bonds is 4. The normalized spacial score (nSPS) is 10.1. The lowest BCUT2D eigenvalue weighted by Crippen LogP contribution is -2.21. The molecule has 0 spiro atoms. The molecule has 0 atom stereocenters. The van der Waals surface area contributed by atoms with Gasteiger partial charge in [-0.05, 0) is 12.1 Å². The van der Waals surface area contributed by atoms with E-state index in [9.17, 15) is 10.1 Å². The number of benzene rings is 1. The van der Waals surface area contributed by atoms with Crippen molar-refractivity contribution in [1.82, 2.24) is 5.43 Å². The summed E-state index contributed by atoms with van der Waals surface area (Å²) in [6.45, 7) is 0.282. The summed E-state index contributed by atoms with van der Waals surface area (Å²) in [6, 6.07) is 5.06. The maximum atomic E-state index is 10.8. The van der Waals surface area contributed by atoms with E-state index in [1.807, 2.05) is 25.1 Å². The molecule has 0 saturated carbocycles. The molecule has 0 aliphatic rings. The van der Waals surface area contributed by atoms with E-state index in [1.54, 1.807) is 6.07 Å². The predicted molar refractivity (Wildman–Crippen MR) is 58.5 cm³/mol. The number of nitro benzene ring substituents is 1. The largest absolute Gasteiger partial charge is 0.377 e. The van der Waals surface area contributed by atoms with Crippen LogP contribution in [0.1, 0.15) is 5.56 Å².